The van der Waals surface area contributed by atoms with Crippen LogP contribution in [0.1, 0.15) is 98.3 Å². The average molecular weight is 982 g/mol. The molecule has 0 unspecified atom stereocenters. The SMILES string of the molecule is CCc1nc(C)sc1C(=O)Nc1nc2cc(C(N)=O)cc(OCCCN3CCN(C(=O)OC(C)(C)C)CC3)c2n1C/C=C/Cn1c(NC(=O)c2cc(C)nn2CC)nc2cc(C(N)=O)cc(SC)c21. The van der Waals surface area contributed by atoms with E-state index in [2.05, 4.69) is 25.6 Å². The number of allylic oxidation sites excluding steroid dienone is 2. The summed E-state index contributed by atoms with van der Waals surface area (Å²) in [6, 6.07) is 8.17. The zero-order valence-corrected chi connectivity index (χ0v) is 41.8. The first-order chi connectivity index (χ1) is 32.9. The fourth-order valence-corrected chi connectivity index (χ4v) is 9.60. The number of thiazole rings is 1. The molecule has 0 atom stereocenters. The smallest absolute Gasteiger partial charge is 0.410 e. The number of benzene rings is 2. The Morgan fingerprint density at radius 3 is 2.03 bits per heavy atom. The summed E-state index contributed by atoms with van der Waals surface area (Å²) in [5.41, 5.74) is 15.2. The number of aryl methyl sites for hydroxylation is 4. The van der Waals surface area contributed by atoms with Crippen LogP contribution < -0.4 is 26.8 Å². The van der Waals surface area contributed by atoms with Gasteiger partial charge >= 0.3 is 6.09 Å². The van der Waals surface area contributed by atoms with Crippen molar-refractivity contribution in [1.82, 2.24) is 43.7 Å². The number of thioether (sulfide) groups is 1. The quantitative estimate of drug-likeness (QED) is 0.0423. The first-order valence-electron chi connectivity index (χ1n) is 22.7. The number of fused-ring (bicyclic) bond motifs is 2. The summed E-state index contributed by atoms with van der Waals surface area (Å²) in [5, 5.41) is 11.2. The van der Waals surface area contributed by atoms with Gasteiger partial charge in [0.25, 0.3) is 11.8 Å². The van der Waals surface area contributed by atoms with Crippen molar-refractivity contribution in [2.45, 2.75) is 91.4 Å². The molecule has 22 heteroatoms. The van der Waals surface area contributed by atoms with Gasteiger partial charge in [0.15, 0.2) is 0 Å². The fourth-order valence-electron chi connectivity index (χ4n) is 8.05. The van der Waals surface area contributed by atoms with Gasteiger partial charge in [-0.05, 0) is 91.0 Å². The molecule has 2 aromatic carbocycles. The molecule has 366 valence electrons. The van der Waals surface area contributed by atoms with Gasteiger partial charge in [-0.1, -0.05) is 19.1 Å². The molecule has 5 amide bonds. The Kier molecular flexibility index (Phi) is 15.4. The Bertz CT molecular complexity index is 2950. The molecule has 6 N–H and O–H groups in total. The molecule has 20 nitrogen and oxygen atoms in total. The van der Waals surface area contributed by atoms with E-state index in [0.717, 1.165) is 9.90 Å². The minimum absolute atomic E-state index is 0.174. The van der Waals surface area contributed by atoms with Crippen molar-refractivity contribution in [3.05, 3.63) is 80.6 Å². The van der Waals surface area contributed by atoms with Gasteiger partial charge in [0.05, 0.1) is 39.6 Å². The van der Waals surface area contributed by atoms with Gasteiger partial charge < -0.3 is 35.0 Å². The van der Waals surface area contributed by atoms with E-state index in [1.165, 1.54) is 23.1 Å². The number of hydrogen-bond acceptors (Lipinski definition) is 14. The molecule has 0 spiro atoms. The Balaban J connectivity index is 1.19. The Hall–Kier alpha value is -6.78. The van der Waals surface area contributed by atoms with Crippen molar-refractivity contribution in [1.29, 1.82) is 0 Å². The zero-order chi connectivity index (χ0) is 49.7. The number of aromatic nitrogens is 7. The molecule has 1 aliphatic heterocycles. The van der Waals surface area contributed by atoms with Crippen molar-refractivity contribution >= 4 is 86.8 Å². The van der Waals surface area contributed by atoms with Gasteiger partial charge in [0.1, 0.15) is 27.4 Å². The highest BCUT2D eigenvalue weighted by molar-refractivity contribution is 7.98. The van der Waals surface area contributed by atoms with Crippen LogP contribution in [0.15, 0.2) is 47.4 Å². The molecule has 0 bridgehead atoms. The minimum Gasteiger partial charge on any atom is -0.491 e. The van der Waals surface area contributed by atoms with E-state index in [1.54, 1.807) is 44.5 Å². The first-order valence-corrected chi connectivity index (χ1v) is 24.8. The van der Waals surface area contributed by atoms with Gasteiger partial charge in [0.2, 0.25) is 23.7 Å². The van der Waals surface area contributed by atoms with E-state index in [9.17, 15) is 24.0 Å². The molecule has 5 heterocycles. The highest BCUT2D eigenvalue weighted by atomic mass is 32.2. The van der Waals surface area contributed by atoms with Crippen molar-refractivity contribution < 1.29 is 33.4 Å². The number of anilines is 2. The van der Waals surface area contributed by atoms with Gasteiger partial charge in [-0.25, -0.2) is 19.7 Å². The molecule has 0 aliphatic carbocycles. The highest BCUT2D eigenvalue weighted by Crippen LogP contribution is 2.34. The summed E-state index contributed by atoms with van der Waals surface area (Å²) in [7, 11) is 0. The second kappa shape index (κ2) is 21.2. The molecule has 69 heavy (non-hydrogen) atoms. The van der Waals surface area contributed by atoms with E-state index in [4.69, 9.17) is 30.9 Å². The molecule has 7 rings (SSSR count). The number of carbonyl (C=O) groups is 5. The number of amides is 5. The predicted molar refractivity (Wildman–Crippen MR) is 267 cm³/mol. The lowest BCUT2D eigenvalue weighted by Crippen LogP contribution is -2.50. The minimum atomic E-state index is -0.672. The van der Waals surface area contributed by atoms with Crippen molar-refractivity contribution in [3.8, 4) is 5.75 Å². The summed E-state index contributed by atoms with van der Waals surface area (Å²) < 4.78 is 17.3. The van der Waals surface area contributed by atoms with Crippen LogP contribution >= 0.6 is 23.1 Å². The van der Waals surface area contributed by atoms with Gasteiger partial charge in [-0.2, -0.15) is 5.10 Å². The number of piperazine rings is 1. The molecule has 1 aliphatic rings. The van der Waals surface area contributed by atoms with Crippen LogP contribution in [0.2, 0.25) is 0 Å². The molecule has 6 aromatic rings. The Morgan fingerprint density at radius 1 is 0.826 bits per heavy atom. The number of carbonyl (C=O) groups excluding carboxylic acids is 5. The maximum atomic E-state index is 14.0. The third-order valence-electron chi connectivity index (χ3n) is 11.3. The first kappa shape index (κ1) is 50.1. The maximum Gasteiger partial charge on any atom is 0.410 e. The number of imidazole rings is 2. The van der Waals surface area contributed by atoms with Crippen LogP contribution in [0.25, 0.3) is 22.1 Å². The lowest BCUT2D eigenvalue weighted by Gasteiger charge is -2.35. The molecule has 0 saturated carbocycles. The number of nitrogens with zero attached hydrogens (tertiary/aromatic N) is 9. The second-order valence-corrected chi connectivity index (χ2v) is 19.5. The molecule has 1 saturated heterocycles. The summed E-state index contributed by atoms with van der Waals surface area (Å²) in [4.78, 5) is 84.7. The van der Waals surface area contributed by atoms with Crippen LogP contribution in [0.5, 0.6) is 5.75 Å². The monoisotopic (exact) mass is 981 g/mol. The third kappa shape index (κ3) is 11.6. The van der Waals surface area contributed by atoms with Crippen LogP contribution in [-0.4, -0.2) is 125 Å². The summed E-state index contributed by atoms with van der Waals surface area (Å²) in [6.45, 7) is 17.4. The third-order valence-corrected chi connectivity index (χ3v) is 13.0. The predicted octanol–water partition coefficient (Wildman–Crippen LogP) is 6.24. The summed E-state index contributed by atoms with van der Waals surface area (Å²) in [6.07, 6.45) is 6.53. The lowest BCUT2D eigenvalue weighted by molar-refractivity contribution is 0.0141. The molecule has 4 aromatic heterocycles. The van der Waals surface area contributed by atoms with Gasteiger partial charge in [-0.3, -0.25) is 39.4 Å². The van der Waals surface area contributed by atoms with Crippen molar-refractivity contribution in [3.63, 3.8) is 0 Å². The van der Waals surface area contributed by atoms with E-state index >= 15 is 0 Å². The number of nitrogens with two attached hydrogens (primary N) is 2. The number of primary amides is 2. The van der Waals surface area contributed by atoms with Crippen LogP contribution in [0, 0.1) is 13.8 Å². The maximum absolute atomic E-state index is 14.0. The molecular weight excluding hydrogens is 923 g/mol. The lowest BCUT2D eigenvalue weighted by atomic mass is 10.1. The topological polar surface area (TPSA) is 253 Å². The van der Waals surface area contributed by atoms with E-state index in [1.807, 2.05) is 71.4 Å². The van der Waals surface area contributed by atoms with Gasteiger partial charge in [0, 0.05) is 68.4 Å². The number of nitrogens with one attached hydrogen (secondary N) is 2. The van der Waals surface area contributed by atoms with Crippen LogP contribution in [0.3, 0.4) is 0 Å². The molecular formula is C47H59N13O7S2. The van der Waals surface area contributed by atoms with Crippen LogP contribution in [0.4, 0.5) is 16.7 Å². The number of ether oxygens (including phenoxy) is 2. The average Bonchev–Trinajstić information content (AvgIpc) is 4.07. The summed E-state index contributed by atoms with van der Waals surface area (Å²) in [5.74, 6) is -1.28. The second-order valence-electron chi connectivity index (χ2n) is 17.4. The highest BCUT2D eigenvalue weighted by Gasteiger charge is 2.27. The number of rotatable bonds is 18. The molecule has 1 fully saturated rings. The van der Waals surface area contributed by atoms with E-state index in [-0.39, 0.29) is 54.7 Å². The number of hydrogen-bond donors (Lipinski definition) is 4. The van der Waals surface area contributed by atoms with Crippen molar-refractivity contribution in [2.24, 2.45) is 11.5 Å². The fraction of sp³-hybridized carbons (Fsp3) is 0.426. The normalized spacial score (nSPS) is 13.4. The van der Waals surface area contributed by atoms with Crippen molar-refractivity contribution in [2.75, 3.05) is 56.2 Å². The van der Waals surface area contributed by atoms with Gasteiger partial charge in [-0.15, -0.1) is 23.1 Å². The van der Waals surface area contributed by atoms with Crippen LogP contribution in [-0.2, 0) is 30.8 Å². The van der Waals surface area contributed by atoms with E-state index < -0.39 is 23.3 Å². The zero-order valence-electron chi connectivity index (χ0n) is 40.2. The molecule has 0 radical (unpaired) electrons. The summed E-state index contributed by atoms with van der Waals surface area (Å²) >= 11 is 2.70. The standard InChI is InChI=1S/C47H59N13O7S2/c1-9-31-39(69-28(4)50-31)43(64)54-45-51-32-23-29(40(48)61)25-35(66-21-13-14-56-17-19-57(20-18-56)46(65)67-47(5,6)7)37(32)58(45)15-11-12-16-59-38-33(24-30(41(49)62)26-36(38)68-8)52-44(59)53-42(63)34-22-27(3)55-60(34)10-2/h11-12,22-26H,9-10,13-21H2,1-8H3,(H2,48,61)(H2,49,62)(H,51,54,64)(H,52,53,63)/b12-11+. The largest absolute Gasteiger partial charge is 0.491 e. The Labute approximate surface area is 407 Å². The Morgan fingerprint density at radius 2 is 1.43 bits per heavy atom. The van der Waals surface area contributed by atoms with E-state index in [0.29, 0.717) is 102 Å².